The second kappa shape index (κ2) is 7.15. The number of amides is 1. The second-order valence-corrected chi connectivity index (χ2v) is 6.43. The Morgan fingerprint density at radius 2 is 1.68 bits per heavy atom. The molecule has 1 unspecified atom stereocenters. The number of rotatable bonds is 4. The summed E-state index contributed by atoms with van der Waals surface area (Å²) in [5.41, 5.74) is 3.36. The molecule has 2 aliphatic heterocycles. The smallest absolute Gasteiger partial charge is 0.410 e. The van der Waals surface area contributed by atoms with Gasteiger partial charge < -0.3 is 14.4 Å². The zero-order valence-corrected chi connectivity index (χ0v) is 14.1. The van der Waals surface area contributed by atoms with Gasteiger partial charge in [-0.3, -0.25) is 4.90 Å². The van der Waals surface area contributed by atoms with Gasteiger partial charge >= 0.3 is 6.09 Å². The minimum Gasteiger partial charge on any atom is -0.439 e. The Bertz CT molecular complexity index is 711. The maximum Gasteiger partial charge on any atom is 0.410 e. The first-order valence-corrected chi connectivity index (χ1v) is 8.72. The monoisotopic (exact) mass is 338 g/mol. The van der Waals surface area contributed by atoms with Crippen LogP contribution < -0.4 is 4.90 Å². The molecule has 25 heavy (non-hydrogen) atoms. The molecule has 1 atom stereocenters. The molecule has 0 radical (unpaired) electrons. The zero-order valence-electron chi connectivity index (χ0n) is 14.1. The predicted octanol–water partition coefficient (Wildman–Crippen LogP) is 3.22. The molecule has 5 nitrogen and oxygen atoms in total. The van der Waals surface area contributed by atoms with Gasteiger partial charge in [0.1, 0.15) is 6.10 Å². The number of hydrogen-bond donors (Lipinski definition) is 0. The van der Waals surface area contributed by atoms with Crippen molar-refractivity contribution in [3.63, 3.8) is 0 Å². The minimum absolute atomic E-state index is 0.179. The van der Waals surface area contributed by atoms with E-state index in [1.165, 1.54) is 5.69 Å². The molecule has 2 saturated heterocycles. The Morgan fingerprint density at radius 1 is 0.960 bits per heavy atom. The molecule has 2 aromatic carbocycles. The predicted molar refractivity (Wildman–Crippen MR) is 95.5 cm³/mol. The molecule has 0 N–H and O–H groups in total. The number of hydrogen-bond acceptors (Lipinski definition) is 4. The van der Waals surface area contributed by atoms with Crippen LogP contribution in [0.1, 0.15) is 17.2 Å². The van der Waals surface area contributed by atoms with Crippen molar-refractivity contribution < 1.29 is 14.3 Å². The molecule has 5 heteroatoms. The summed E-state index contributed by atoms with van der Waals surface area (Å²) in [5, 5.41) is 0. The fraction of sp³-hybridized carbons (Fsp3) is 0.350. The molecule has 0 bridgehead atoms. The van der Waals surface area contributed by atoms with E-state index in [0.717, 1.165) is 37.4 Å². The van der Waals surface area contributed by atoms with Crippen LogP contribution in [-0.2, 0) is 16.0 Å². The lowest BCUT2D eigenvalue weighted by atomic mass is 10.1. The van der Waals surface area contributed by atoms with E-state index in [1.54, 1.807) is 4.90 Å². The van der Waals surface area contributed by atoms with Crippen LogP contribution >= 0.6 is 0 Å². The Kier molecular flexibility index (Phi) is 4.57. The van der Waals surface area contributed by atoms with Gasteiger partial charge in [0.25, 0.3) is 0 Å². The van der Waals surface area contributed by atoms with Crippen molar-refractivity contribution in [2.24, 2.45) is 0 Å². The fourth-order valence-electron chi connectivity index (χ4n) is 3.33. The third kappa shape index (κ3) is 3.61. The van der Waals surface area contributed by atoms with Crippen LogP contribution in [0.5, 0.6) is 0 Å². The van der Waals surface area contributed by atoms with Crippen molar-refractivity contribution >= 4 is 11.8 Å². The van der Waals surface area contributed by atoms with Gasteiger partial charge in [0, 0.05) is 25.3 Å². The summed E-state index contributed by atoms with van der Waals surface area (Å²) >= 11 is 0. The van der Waals surface area contributed by atoms with E-state index in [9.17, 15) is 4.79 Å². The molecule has 0 aromatic heterocycles. The molecule has 4 rings (SSSR count). The number of benzene rings is 2. The normalized spacial score (nSPS) is 20.6. The average molecular weight is 338 g/mol. The van der Waals surface area contributed by atoms with Gasteiger partial charge in [-0.15, -0.1) is 0 Å². The van der Waals surface area contributed by atoms with Crippen LogP contribution in [-0.4, -0.2) is 43.8 Å². The molecule has 0 saturated carbocycles. The molecule has 2 fully saturated rings. The van der Waals surface area contributed by atoms with Crippen LogP contribution in [0.15, 0.2) is 54.6 Å². The number of nitrogens with zero attached hydrogens (tertiary/aromatic N) is 2. The van der Waals surface area contributed by atoms with Crippen molar-refractivity contribution in [3.05, 3.63) is 65.7 Å². The van der Waals surface area contributed by atoms with Crippen molar-refractivity contribution in [3.8, 4) is 0 Å². The van der Waals surface area contributed by atoms with E-state index < -0.39 is 0 Å². The van der Waals surface area contributed by atoms with Gasteiger partial charge in [0.05, 0.1) is 19.8 Å². The van der Waals surface area contributed by atoms with E-state index in [1.807, 2.05) is 30.3 Å². The van der Waals surface area contributed by atoms with Gasteiger partial charge in [0.2, 0.25) is 0 Å². The number of morpholine rings is 1. The molecular weight excluding hydrogens is 316 g/mol. The maximum absolute atomic E-state index is 12.2. The van der Waals surface area contributed by atoms with Crippen LogP contribution in [0, 0.1) is 0 Å². The molecule has 130 valence electrons. The van der Waals surface area contributed by atoms with Crippen LogP contribution in [0.3, 0.4) is 0 Å². The molecule has 2 aliphatic rings. The Hall–Kier alpha value is -2.53. The highest BCUT2D eigenvalue weighted by atomic mass is 16.6. The zero-order chi connectivity index (χ0) is 17.1. The molecule has 2 heterocycles. The third-order valence-electron chi connectivity index (χ3n) is 4.74. The Morgan fingerprint density at radius 3 is 2.40 bits per heavy atom. The van der Waals surface area contributed by atoms with E-state index >= 15 is 0 Å². The summed E-state index contributed by atoms with van der Waals surface area (Å²) in [4.78, 5) is 16.2. The fourth-order valence-corrected chi connectivity index (χ4v) is 3.33. The maximum atomic E-state index is 12.2. The topological polar surface area (TPSA) is 42.0 Å². The van der Waals surface area contributed by atoms with E-state index in [2.05, 4.69) is 29.2 Å². The molecule has 0 aliphatic carbocycles. The van der Waals surface area contributed by atoms with Crippen molar-refractivity contribution in [2.75, 3.05) is 37.7 Å². The molecule has 1 amide bonds. The highest BCUT2D eigenvalue weighted by Crippen LogP contribution is 2.27. The first kappa shape index (κ1) is 16.0. The summed E-state index contributed by atoms with van der Waals surface area (Å²) < 4.78 is 10.9. The number of carbonyl (C=O) groups excluding carboxylic acids is 1. The van der Waals surface area contributed by atoms with Crippen LogP contribution in [0.2, 0.25) is 0 Å². The van der Waals surface area contributed by atoms with E-state index in [0.29, 0.717) is 13.1 Å². The summed E-state index contributed by atoms with van der Waals surface area (Å²) in [5.74, 6) is 0. The molecular formula is C20H22N2O3. The molecule has 0 spiro atoms. The second-order valence-electron chi connectivity index (χ2n) is 6.43. The summed E-state index contributed by atoms with van der Waals surface area (Å²) in [6, 6.07) is 18.3. The number of cyclic esters (lactones) is 1. The Balaban J connectivity index is 1.39. The summed E-state index contributed by atoms with van der Waals surface area (Å²) in [6.07, 6.45) is -0.424. The number of anilines is 1. The van der Waals surface area contributed by atoms with Crippen molar-refractivity contribution in [1.29, 1.82) is 0 Å². The highest BCUT2D eigenvalue weighted by molar-refractivity contribution is 5.70. The van der Waals surface area contributed by atoms with Crippen LogP contribution in [0.25, 0.3) is 0 Å². The quantitative estimate of drug-likeness (QED) is 0.858. The first-order chi connectivity index (χ1) is 12.3. The van der Waals surface area contributed by atoms with Gasteiger partial charge in [-0.05, 0) is 23.3 Å². The average Bonchev–Trinajstić information content (AvgIpc) is 3.04. The standard InChI is InChI=1S/C20H22N2O3/c23-20-22(15-19(25-20)17-4-2-1-3-5-17)14-16-6-8-18(9-7-16)21-10-12-24-13-11-21/h1-9,19H,10-15H2. The van der Waals surface area contributed by atoms with E-state index in [4.69, 9.17) is 9.47 Å². The third-order valence-corrected chi connectivity index (χ3v) is 4.74. The van der Waals surface area contributed by atoms with Gasteiger partial charge in [-0.2, -0.15) is 0 Å². The van der Waals surface area contributed by atoms with Gasteiger partial charge in [-0.1, -0.05) is 42.5 Å². The van der Waals surface area contributed by atoms with Crippen molar-refractivity contribution in [1.82, 2.24) is 4.90 Å². The lowest BCUT2D eigenvalue weighted by molar-refractivity contribution is 0.122. The first-order valence-electron chi connectivity index (χ1n) is 8.72. The van der Waals surface area contributed by atoms with Crippen LogP contribution in [0.4, 0.5) is 10.5 Å². The lowest BCUT2D eigenvalue weighted by Gasteiger charge is -2.29. The SMILES string of the molecule is O=C1OC(c2ccccc2)CN1Cc1ccc(N2CCOCC2)cc1. The largest absolute Gasteiger partial charge is 0.439 e. The highest BCUT2D eigenvalue weighted by Gasteiger charge is 2.32. The molecule has 2 aromatic rings. The van der Waals surface area contributed by atoms with Gasteiger partial charge in [0.15, 0.2) is 0 Å². The summed E-state index contributed by atoms with van der Waals surface area (Å²) in [6.45, 7) is 4.58. The lowest BCUT2D eigenvalue weighted by Crippen LogP contribution is -2.36. The number of ether oxygens (including phenoxy) is 2. The number of carbonyl (C=O) groups is 1. The Labute approximate surface area is 147 Å². The van der Waals surface area contributed by atoms with E-state index in [-0.39, 0.29) is 12.2 Å². The summed E-state index contributed by atoms with van der Waals surface area (Å²) in [7, 11) is 0. The minimum atomic E-state index is -0.244. The van der Waals surface area contributed by atoms with Crippen molar-refractivity contribution in [2.45, 2.75) is 12.6 Å². The van der Waals surface area contributed by atoms with Gasteiger partial charge in [-0.25, -0.2) is 4.79 Å².